The van der Waals surface area contributed by atoms with Crippen LogP contribution in [0.2, 0.25) is 15.1 Å². The van der Waals surface area contributed by atoms with E-state index < -0.39 is 17.8 Å². The third kappa shape index (κ3) is 5.44. The molecule has 1 aliphatic heterocycles. The van der Waals surface area contributed by atoms with Crippen LogP contribution in [-0.4, -0.2) is 25.0 Å². The van der Waals surface area contributed by atoms with Crippen molar-refractivity contribution in [3.8, 4) is 11.5 Å². The van der Waals surface area contributed by atoms with E-state index in [1.165, 1.54) is 19.3 Å². The van der Waals surface area contributed by atoms with Crippen molar-refractivity contribution < 1.29 is 23.9 Å². The number of barbiturate groups is 1. The number of carbonyl (C=O) groups is 3. The maximum absolute atomic E-state index is 13.3. The number of methoxy groups -OCH3 is 1. The van der Waals surface area contributed by atoms with Gasteiger partial charge in [0.15, 0.2) is 11.5 Å². The number of aryl methyl sites for hydroxylation is 1. The summed E-state index contributed by atoms with van der Waals surface area (Å²) in [6.45, 7) is 3.81. The molecule has 1 N–H and O–H groups in total. The molecule has 0 radical (unpaired) electrons. The Morgan fingerprint density at radius 3 is 2.41 bits per heavy atom. The van der Waals surface area contributed by atoms with Gasteiger partial charge in [0.1, 0.15) is 12.2 Å². The van der Waals surface area contributed by atoms with Gasteiger partial charge in [-0.2, -0.15) is 0 Å². The number of halogens is 3. The van der Waals surface area contributed by atoms with Crippen LogP contribution in [-0.2, 0) is 16.2 Å². The highest BCUT2D eigenvalue weighted by Crippen LogP contribution is 2.38. The third-order valence-corrected chi connectivity index (χ3v) is 6.87. The lowest BCUT2D eigenvalue weighted by Crippen LogP contribution is -2.54. The summed E-state index contributed by atoms with van der Waals surface area (Å²) in [4.78, 5) is 39.4. The lowest BCUT2D eigenvalue weighted by atomic mass is 10.0. The minimum atomic E-state index is -0.817. The number of nitrogens with one attached hydrogen (secondary N) is 1. The Kier molecular flexibility index (Phi) is 7.78. The van der Waals surface area contributed by atoms with Crippen molar-refractivity contribution in [2.24, 2.45) is 0 Å². The second-order valence-electron chi connectivity index (χ2n) is 8.25. The van der Waals surface area contributed by atoms with Crippen molar-refractivity contribution in [3.05, 3.63) is 91.4 Å². The molecule has 10 heteroatoms. The fourth-order valence-electron chi connectivity index (χ4n) is 3.77. The van der Waals surface area contributed by atoms with Crippen LogP contribution in [0.4, 0.5) is 10.5 Å². The average Bonchev–Trinajstić information content (AvgIpc) is 2.85. The Bertz CT molecular complexity index is 1470. The Balaban J connectivity index is 1.65. The minimum absolute atomic E-state index is 0.140. The van der Waals surface area contributed by atoms with Crippen LogP contribution in [0, 0.1) is 13.8 Å². The quantitative estimate of drug-likeness (QED) is 0.275. The molecular weight excluding hydrogens is 539 g/mol. The smallest absolute Gasteiger partial charge is 0.335 e. The Morgan fingerprint density at radius 2 is 1.70 bits per heavy atom. The molecule has 0 bridgehead atoms. The summed E-state index contributed by atoms with van der Waals surface area (Å²) >= 11 is 18.5. The van der Waals surface area contributed by atoms with E-state index >= 15 is 0 Å². The Morgan fingerprint density at radius 1 is 0.946 bits per heavy atom. The molecule has 1 heterocycles. The van der Waals surface area contributed by atoms with Crippen molar-refractivity contribution in [1.29, 1.82) is 0 Å². The van der Waals surface area contributed by atoms with E-state index in [1.807, 2.05) is 13.0 Å². The number of nitrogens with zero attached hydrogens (tertiary/aromatic N) is 1. The first-order valence-electron chi connectivity index (χ1n) is 11.0. The fourth-order valence-corrected chi connectivity index (χ4v) is 4.36. The Labute approximate surface area is 228 Å². The molecule has 0 atom stereocenters. The summed E-state index contributed by atoms with van der Waals surface area (Å²) in [6, 6.07) is 12.6. The van der Waals surface area contributed by atoms with Gasteiger partial charge in [-0.15, -0.1) is 0 Å². The van der Waals surface area contributed by atoms with E-state index in [0.29, 0.717) is 21.3 Å². The standard InChI is InChI=1S/C27H21Cl3N2O5/c1-14-5-4-6-22(15(14)2)32-26(34)18(25(33)31-27(32)35)9-17-11-21(30)24(23(12-17)36-3)37-13-16-7-8-19(28)20(29)10-16/h4-12H,13H2,1-3H3,(H,31,33,35)/b18-9+. The maximum Gasteiger partial charge on any atom is 0.335 e. The number of rotatable bonds is 6. The molecule has 3 aromatic carbocycles. The first kappa shape index (κ1) is 26.5. The van der Waals surface area contributed by atoms with Crippen molar-refractivity contribution in [1.82, 2.24) is 5.32 Å². The predicted molar refractivity (Wildman–Crippen MR) is 144 cm³/mol. The number of hydrogen-bond acceptors (Lipinski definition) is 5. The number of benzene rings is 3. The second kappa shape index (κ2) is 10.8. The molecule has 0 saturated carbocycles. The van der Waals surface area contributed by atoms with Gasteiger partial charge in [-0.1, -0.05) is 53.0 Å². The van der Waals surface area contributed by atoms with Crippen LogP contribution in [0.25, 0.3) is 6.08 Å². The number of amides is 4. The summed E-state index contributed by atoms with van der Waals surface area (Å²) in [5.74, 6) is -1.02. The second-order valence-corrected chi connectivity index (χ2v) is 9.47. The molecule has 0 aromatic heterocycles. The van der Waals surface area contributed by atoms with E-state index in [-0.39, 0.29) is 28.7 Å². The van der Waals surface area contributed by atoms with Gasteiger partial charge in [0.25, 0.3) is 11.8 Å². The van der Waals surface area contributed by atoms with Crippen molar-refractivity contribution in [2.75, 3.05) is 12.0 Å². The summed E-state index contributed by atoms with van der Waals surface area (Å²) in [7, 11) is 1.44. The number of hydrogen-bond donors (Lipinski definition) is 1. The van der Waals surface area contributed by atoms with E-state index in [0.717, 1.165) is 21.6 Å². The molecule has 0 unspecified atom stereocenters. The fraction of sp³-hybridized carbons (Fsp3) is 0.148. The van der Waals surface area contributed by atoms with Gasteiger partial charge in [0, 0.05) is 0 Å². The van der Waals surface area contributed by atoms with E-state index in [1.54, 1.807) is 43.3 Å². The van der Waals surface area contributed by atoms with Gasteiger partial charge >= 0.3 is 6.03 Å². The van der Waals surface area contributed by atoms with Crippen molar-refractivity contribution in [3.63, 3.8) is 0 Å². The highest BCUT2D eigenvalue weighted by Gasteiger charge is 2.37. The van der Waals surface area contributed by atoms with Gasteiger partial charge in [-0.25, -0.2) is 9.69 Å². The molecule has 37 heavy (non-hydrogen) atoms. The summed E-state index contributed by atoms with van der Waals surface area (Å²) in [5, 5.41) is 3.24. The molecule has 1 fully saturated rings. The molecule has 0 aliphatic carbocycles. The van der Waals surface area contributed by atoms with Gasteiger partial charge in [-0.3, -0.25) is 14.9 Å². The van der Waals surface area contributed by atoms with Gasteiger partial charge < -0.3 is 9.47 Å². The summed E-state index contributed by atoms with van der Waals surface area (Å²) < 4.78 is 11.3. The molecule has 4 rings (SSSR count). The van der Waals surface area contributed by atoms with Gasteiger partial charge in [-0.05, 0) is 72.5 Å². The third-order valence-electron chi connectivity index (χ3n) is 5.85. The molecule has 0 spiro atoms. The number of ether oxygens (including phenoxy) is 2. The van der Waals surface area contributed by atoms with Crippen LogP contribution >= 0.6 is 34.8 Å². The molecule has 1 aliphatic rings. The molecule has 7 nitrogen and oxygen atoms in total. The lowest BCUT2D eigenvalue weighted by Gasteiger charge is -2.28. The van der Waals surface area contributed by atoms with E-state index in [2.05, 4.69) is 5.32 Å². The van der Waals surface area contributed by atoms with Crippen LogP contribution in [0.5, 0.6) is 11.5 Å². The monoisotopic (exact) mass is 558 g/mol. The number of anilines is 1. The molecular formula is C27H21Cl3N2O5. The van der Waals surface area contributed by atoms with Crippen LogP contribution in [0.15, 0.2) is 54.1 Å². The zero-order chi connectivity index (χ0) is 26.9. The zero-order valence-corrected chi connectivity index (χ0v) is 22.3. The summed E-state index contributed by atoms with van der Waals surface area (Å²) in [6.07, 6.45) is 1.35. The minimum Gasteiger partial charge on any atom is -0.493 e. The number of carbonyl (C=O) groups excluding carboxylic acids is 3. The molecule has 3 aromatic rings. The topological polar surface area (TPSA) is 84.9 Å². The van der Waals surface area contributed by atoms with Crippen molar-refractivity contribution in [2.45, 2.75) is 20.5 Å². The number of imide groups is 2. The number of urea groups is 1. The molecule has 1 saturated heterocycles. The van der Waals surface area contributed by atoms with Crippen LogP contribution in [0.3, 0.4) is 0 Å². The average molecular weight is 560 g/mol. The van der Waals surface area contributed by atoms with Gasteiger partial charge in [0.2, 0.25) is 0 Å². The molecule has 4 amide bonds. The van der Waals surface area contributed by atoms with E-state index in [4.69, 9.17) is 44.3 Å². The first-order chi connectivity index (χ1) is 17.6. The largest absolute Gasteiger partial charge is 0.493 e. The SMILES string of the molecule is COc1cc(/C=C2\C(=O)NC(=O)N(c3cccc(C)c3C)C2=O)cc(Cl)c1OCc1ccc(Cl)c(Cl)c1. The maximum atomic E-state index is 13.3. The normalized spacial score (nSPS) is 14.7. The zero-order valence-electron chi connectivity index (χ0n) is 20.0. The highest BCUT2D eigenvalue weighted by atomic mass is 35.5. The Hall–Kier alpha value is -3.52. The highest BCUT2D eigenvalue weighted by molar-refractivity contribution is 6.42. The summed E-state index contributed by atoms with van der Waals surface area (Å²) in [5.41, 5.74) is 2.96. The van der Waals surface area contributed by atoms with Crippen LogP contribution in [0.1, 0.15) is 22.3 Å². The van der Waals surface area contributed by atoms with E-state index in [9.17, 15) is 14.4 Å². The lowest BCUT2D eigenvalue weighted by molar-refractivity contribution is -0.122. The first-order valence-corrected chi connectivity index (χ1v) is 12.2. The molecule has 190 valence electrons. The van der Waals surface area contributed by atoms with Crippen LogP contribution < -0.4 is 19.7 Å². The van der Waals surface area contributed by atoms with Gasteiger partial charge in [0.05, 0.1) is 27.9 Å². The van der Waals surface area contributed by atoms with Crippen molar-refractivity contribution >= 4 is 64.4 Å². The predicted octanol–water partition coefficient (Wildman–Crippen LogP) is 6.52.